The number of aliphatic imine (C=N–C) groups is 3. The fraction of sp³-hybridized carbons (Fsp3) is 0.0370. The van der Waals surface area contributed by atoms with Crippen LogP contribution in [0.15, 0.2) is 237 Å². The number of halogens is 1. The second-order valence-corrected chi connectivity index (χ2v) is 16.8. The van der Waals surface area contributed by atoms with Crippen molar-refractivity contribution in [3.8, 4) is 33.4 Å². The maximum absolute atomic E-state index is 6.60. The molecule has 0 aromatic heterocycles. The zero-order valence-electron chi connectivity index (χ0n) is 33.6. The summed E-state index contributed by atoms with van der Waals surface area (Å²) in [4.78, 5) is 17.7. The molecule has 0 saturated carbocycles. The normalized spacial score (nSPS) is 14.4. The SMILES string of the molecule is CN1C(c2ccc(-c3ccccc3)cc2)=NC(c2ccc(-c3ccccc3)cc2)=NC1c1cccc(-c2cccc(C(N=C(N)c3ccccc3)=N[I-]c3ccccc3)c2)c1. The van der Waals surface area contributed by atoms with Crippen molar-refractivity contribution < 1.29 is 21.5 Å². The molecule has 61 heavy (non-hydrogen) atoms. The second kappa shape index (κ2) is 18.4. The van der Waals surface area contributed by atoms with Crippen LogP contribution in [0.4, 0.5) is 0 Å². The molecule has 296 valence electrons. The average Bonchev–Trinajstić information content (AvgIpc) is 3.34. The molecule has 0 bridgehead atoms. The van der Waals surface area contributed by atoms with Gasteiger partial charge in [0.15, 0.2) is 0 Å². The van der Waals surface area contributed by atoms with Gasteiger partial charge in [-0.2, -0.15) is 0 Å². The number of benzene rings is 8. The van der Waals surface area contributed by atoms with Crippen molar-refractivity contribution in [2.75, 3.05) is 7.05 Å². The van der Waals surface area contributed by atoms with E-state index in [1.807, 2.05) is 60.7 Å². The number of rotatable bonds is 10. The first kappa shape index (κ1) is 39.2. The molecule has 9 rings (SSSR count). The van der Waals surface area contributed by atoms with Gasteiger partial charge < -0.3 is 0 Å². The van der Waals surface area contributed by atoms with Crippen LogP contribution < -0.4 is 27.2 Å². The molecule has 7 heteroatoms. The van der Waals surface area contributed by atoms with Crippen molar-refractivity contribution in [3.05, 3.63) is 250 Å². The van der Waals surface area contributed by atoms with Gasteiger partial charge in [0.25, 0.3) is 0 Å². The van der Waals surface area contributed by atoms with E-state index >= 15 is 0 Å². The Morgan fingerprint density at radius 1 is 0.492 bits per heavy atom. The monoisotopic (exact) mass is 901 g/mol. The van der Waals surface area contributed by atoms with Crippen LogP contribution in [-0.4, -0.2) is 35.3 Å². The number of hydrogen-bond donors (Lipinski definition) is 1. The van der Waals surface area contributed by atoms with Crippen molar-refractivity contribution in [2.45, 2.75) is 6.17 Å². The first-order chi connectivity index (χ1) is 30.1. The molecule has 0 aliphatic carbocycles. The zero-order valence-corrected chi connectivity index (χ0v) is 35.7. The van der Waals surface area contributed by atoms with Crippen molar-refractivity contribution in [3.63, 3.8) is 0 Å². The number of nitrogens with zero attached hydrogens (tertiary/aromatic N) is 5. The van der Waals surface area contributed by atoms with E-state index in [0.29, 0.717) is 17.5 Å². The molecule has 0 radical (unpaired) electrons. The Balaban J connectivity index is 1.08. The molecule has 0 amide bonds. The first-order valence-corrected chi connectivity index (χ1v) is 22.2. The molecule has 1 atom stereocenters. The van der Waals surface area contributed by atoms with Crippen LogP contribution in [0, 0.1) is 3.57 Å². The van der Waals surface area contributed by atoms with E-state index in [1.54, 1.807) is 0 Å². The van der Waals surface area contributed by atoms with E-state index in [4.69, 9.17) is 23.9 Å². The third-order valence-electron chi connectivity index (χ3n) is 10.5. The molecule has 1 aliphatic heterocycles. The summed E-state index contributed by atoms with van der Waals surface area (Å²) in [6.45, 7) is 0. The Bertz CT molecular complexity index is 2870. The summed E-state index contributed by atoms with van der Waals surface area (Å²) >= 11 is -0.709. The van der Waals surface area contributed by atoms with Crippen LogP contribution in [0.25, 0.3) is 33.4 Å². The topological polar surface area (TPSA) is 78.7 Å². The molecule has 1 unspecified atom stereocenters. The van der Waals surface area contributed by atoms with E-state index in [9.17, 15) is 0 Å². The van der Waals surface area contributed by atoms with E-state index in [-0.39, 0.29) is 6.17 Å². The van der Waals surface area contributed by atoms with E-state index in [1.165, 1.54) is 14.7 Å². The number of amidine groups is 4. The first-order valence-electron chi connectivity index (χ1n) is 20.1. The van der Waals surface area contributed by atoms with Gasteiger partial charge in [0.2, 0.25) is 0 Å². The number of hydrogen-bond acceptors (Lipinski definition) is 4. The molecule has 1 aliphatic rings. The molecule has 8 aromatic carbocycles. The Morgan fingerprint density at radius 3 is 1.59 bits per heavy atom. The quantitative estimate of drug-likeness (QED) is 0.0849. The fourth-order valence-electron chi connectivity index (χ4n) is 7.31. The summed E-state index contributed by atoms with van der Waals surface area (Å²) in [5, 5.41) is 0. The van der Waals surface area contributed by atoms with Crippen LogP contribution in [0.5, 0.6) is 0 Å². The summed E-state index contributed by atoms with van der Waals surface area (Å²) in [5.41, 5.74) is 18.1. The molecule has 0 spiro atoms. The Hall–Kier alpha value is -7.23. The van der Waals surface area contributed by atoms with Gasteiger partial charge in [-0.05, 0) is 22.3 Å². The molecule has 6 nitrogen and oxygen atoms in total. The van der Waals surface area contributed by atoms with Crippen LogP contribution >= 0.6 is 0 Å². The van der Waals surface area contributed by atoms with Crippen LogP contribution in [0.2, 0.25) is 0 Å². The second-order valence-electron chi connectivity index (χ2n) is 14.6. The fourth-order valence-corrected chi connectivity index (χ4v) is 8.94. The summed E-state index contributed by atoms with van der Waals surface area (Å²) in [6.07, 6.45) is -0.337. The molecular formula is C54H42IN6-. The van der Waals surface area contributed by atoms with Gasteiger partial charge in [-0.25, -0.2) is 0 Å². The Morgan fingerprint density at radius 2 is 0.967 bits per heavy atom. The van der Waals surface area contributed by atoms with Gasteiger partial charge >= 0.3 is 239 Å². The summed E-state index contributed by atoms with van der Waals surface area (Å²) < 4.78 is 6.31. The van der Waals surface area contributed by atoms with Gasteiger partial charge in [0, 0.05) is 0 Å². The van der Waals surface area contributed by atoms with Crippen molar-refractivity contribution in [1.29, 1.82) is 0 Å². The van der Waals surface area contributed by atoms with Gasteiger partial charge in [-0.3, -0.25) is 0 Å². The van der Waals surface area contributed by atoms with E-state index in [2.05, 4.69) is 170 Å². The van der Waals surface area contributed by atoms with Gasteiger partial charge in [0.1, 0.15) is 0 Å². The predicted octanol–water partition coefficient (Wildman–Crippen LogP) is 8.55. The standard InChI is InChI=1S/C54H42IN6/c1-61-53(44-34-30-41(31-35-44)39-18-8-3-9-19-39)58-51(43-32-28-40(29-33-43)38-16-6-2-7-17-38)59-54(61)48-25-15-23-46(37-48)45-22-14-24-47(36-45)52(60-55-49-26-12-5-13-27-49)57-50(56)42-20-10-4-11-21-42/h2-37,54H,1H3,(H2,56,57,60)/q-1. The summed E-state index contributed by atoms with van der Waals surface area (Å²) in [6, 6.07) is 75.3. The van der Waals surface area contributed by atoms with Crippen molar-refractivity contribution >= 4 is 23.3 Å². The molecule has 1 heterocycles. The van der Waals surface area contributed by atoms with Crippen molar-refractivity contribution in [1.82, 2.24) is 4.90 Å². The molecule has 2 N–H and O–H groups in total. The molecule has 0 fully saturated rings. The third-order valence-corrected chi connectivity index (χ3v) is 12.5. The average molecular weight is 902 g/mol. The van der Waals surface area contributed by atoms with E-state index in [0.717, 1.165) is 55.9 Å². The summed E-state index contributed by atoms with van der Waals surface area (Å²) in [7, 11) is 2.08. The molecular weight excluding hydrogens is 860 g/mol. The van der Waals surface area contributed by atoms with Crippen LogP contribution in [-0.2, 0) is 0 Å². The number of nitrogens with two attached hydrogens (primary N) is 1. The third kappa shape index (κ3) is 9.17. The van der Waals surface area contributed by atoms with E-state index < -0.39 is 21.5 Å². The molecule has 8 aromatic rings. The predicted molar refractivity (Wildman–Crippen MR) is 248 cm³/mol. The Labute approximate surface area is 367 Å². The molecule has 0 saturated heterocycles. The van der Waals surface area contributed by atoms with Gasteiger partial charge in [-0.1, -0.05) is 109 Å². The van der Waals surface area contributed by atoms with Crippen molar-refractivity contribution in [2.24, 2.45) is 23.9 Å². The van der Waals surface area contributed by atoms with Gasteiger partial charge in [-0.15, -0.1) is 0 Å². The van der Waals surface area contributed by atoms with Crippen LogP contribution in [0.1, 0.15) is 34.0 Å². The zero-order chi connectivity index (χ0) is 41.4. The minimum atomic E-state index is -0.709. The minimum absolute atomic E-state index is 0.337. The Kier molecular flexibility index (Phi) is 11.8. The maximum atomic E-state index is 6.60. The van der Waals surface area contributed by atoms with Crippen LogP contribution in [0.3, 0.4) is 0 Å². The van der Waals surface area contributed by atoms with Gasteiger partial charge in [0.05, 0.1) is 0 Å². The summed E-state index contributed by atoms with van der Waals surface area (Å²) in [5.74, 6) is 2.59.